The molecule has 0 aliphatic carbocycles. The highest BCUT2D eigenvalue weighted by atomic mass is 35.5. The molecule has 0 radical (unpaired) electrons. The number of amides is 1. The Bertz CT molecular complexity index is 568. The topological polar surface area (TPSA) is 54.9 Å². The first-order chi connectivity index (χ1) is 9.10. The quantitative estimate of drug-likeness (QED) is 0.941. The van der Waals surface area contributed by atoms with Gasteiger partial charge in [0.25, 0.3) is 5.91 Å². The molecule has 1 amide bonds. The van der Waals surface area contributed by atoms with Crippen LogP contribution in [0, 0.1) is 6.92 Å². The average Bonchev–Trinajstić information content (AvgIpc) is 2.84. The van der Waals surface area contributed by atoms with Gasteiger partial charge < -0.3 is 5.32 Å². The van der Waals surface area contributed by atoms with E-state index in [0.717, 1.165) is 23.3 Å². The number of benzene rings is 1. The highest BCUT2D eigenvalue weighted by Gasteiger charge is 2.17. The van der Waals surface area contributed by atoms with Crippen molar-refractivity contribution < 1.29 is 4.79 Å². The molecule has 6 heteroatoms. The molecular formula is C13H14ClN3OS. The smallest absolute Gasteiger partial charge is 0.282 e. The first kappa shape index (κ1) is 14.0. The predicted molar refractivity (Wildman–Crippen MR) is 76.6 cm³/mol. The maximum Gasteiger partial charge on any atom is 0.282 e. The first-order valence-electron chi connectivity index (χ1n) is 5.96. The van der Waals surface area contributed by atoms with Gasteiger partial charge in [0.15, 0.2) is 0 Å². The van der Waals surface area contributed by atoms with Gasteiger partial charge in [-0.05, 0) is 30.5 Å². The summed E-state index contributed by atoms with van der Waals surface area (Å²) in [5, 5.41) is 10.6. The van der Waals surface area contributed by atoms with Gasteiger partial charge in [-0.25, -0.2) is 0 Å². The van der Waals surface area contributed by atoms with Crippen molar-refractivity contribution in [1.29, 1.82) is 0 Å². The number of halogens is 1. The molecule has 0 fully saturated rings. The molecule has 19 heavy (non-hydrogen) atoms. The van der Waals surface area contributed by atoms with Crippen LogP contribution in [0.15, 0.2) is 24.3 Å². The highest BCUT2D eigenvalue weighted by molar-refractivity contribution is 7.17. The summed E-state index contributed by atoms with van der Waals surface area (Å²) in [6.45, 7) is 4.06. The molecule has 0 saturated heterocycles. The number of aromatic nitrogens is 2. The summed E-state index contributed by atoms with van der Waals surface area (Å²) in [7, 11) is 0. The van der Waals surface area contributed by atoms with E-state index in [9.17, 15) is 4.79 Å². The van der Waals surface area contributed by atoms with Crippen molar-refractivity contribution in [3.05, 3.63) is 44.9 Å². The number of carbonyl (C=O) groups excluding carboxylic acids is 1. The van der Waals surface area contributed by atoms with E-state index in [0.29, 0.717) is 0 Å². The molecule has 1 heterocycles. The van der Waals surface area contributed by atoms with Crippen LogP contribution in [0.25, 0.3) is 0 Å². The molecular weight excluding hydrogens is 282 g/mol. The van der Waals surface area contributed by atoms with Gasteiger partial charge in [0.05, 0.1) is 6.04 Å². The molecule has 0 spiro atoms. The largest absolute Gasteiger partial charge is 0.343 e. The molecule has 2 aromatic rings. The lowest BCUT2D eigenvalue weighted by molar-refractivity contribution is 0.0934. The van der Waals surface area contributed by atoms with Crippen molar-refractivity contribution in [2.24, 2.45) is 0 Å². The molecule has 1 aromatic heterocycles. The fraction of sp³-hybridized carbons (Fsp3) is 0.308. The molecule has 4 nitrogen and oxygen atoms in total. The zero-order valence-electron chi connectivity index (χ0n) is 10.7. The van der Waals surface area contributed by atoms with Gasteiger partial charge in [-0.1, -0.05) is 48.1 Å². The molecule has 1 atom stereocenters. The molecule has 1 aromatic carbocycles. The van der Waals surface area contributed by atoms with Crippen LogP contribution >= 0.6 is 22.9 Å². The lowest BCUT2D eigenvalue weighted by atomic mass is 10.0. The van der Waals surface area contributed by atoms with E-state index in [1.54, 1.807) is 0 Å². The van der Waals surface area contributed by atoms with Crippen molar-refractivity contribution in [2.75, 3.05) is 0 Å². The first-order valence-corrected chi connectivity index (χ1v) is 7.16. The van der Waals surface area contributed by atoms with E-state index in [-0.39, 0.29) is 21.4 Å². The van der Waals surface area contributed by atoms with Gasteiger partial charge in [0.2, 0.25) is 9.47 Å². The zero-order valence-corrected chi connectivity index (χ0v) is 12.3. The Morgan fingerprint density at radius 1 is 1.37 bits per heavy atom. The Kier molecular flexibility index (Phi) is 4.50. The molecule has 100 valence electrons. The van der Waals surface area contributed by atoms with Crippen LogP contribution in [0.5, 0.6) is 0 Å². The summed E-state index contributed by atoms with van der Waals surface area (Å²) in [6, 6.07) is 8.09. The summed E-state index contributed by atoms with van der Waals surface area (Å²) in [4.78, 5) is 12.0. The molecule has 0 saturated carbocycles. The standard InChI is InChI=1S/C13H14ClN3OS/c1-3-10(9-6-4-8(2)5-7-9)15-11(18)12-16-17-13(14)19-12/h4-7,10H,3H2,1-2H3,(H,15,18). The third-order valence-electron chi connectivity index (χ3n) is 2.79. The second-order valence-electron chi connectivity index (χ2n) is 4.21. The maximum atomic E-state index is 12.0. The minimum absolute atomic E-state index is 0.0317. The van der Waals surface area contributed by atoms with Gasteiger partial charge >= 0.3 is 0 Å². The fourth-order valence-electron chi connectivity index (χ4n) is 1.74. The van der Waals surface area contributed by atoms with Crippen molar-refractivity contribution in [3.63, 3.8) is 0 Å². The van der Waals surface area contributed by atoms with Gasteiger partial charge in [0, 0.05) is 0 Å². The minimum atomic E-state index is -0.239. The number of nitrogens with zero attached hydrogens (tertiary/aromatic N) is 2. The number of rotatable bonds is 4. The SMILES string of the molecule is CCC(NC(=O)c1nnc(Cl)s1)c1ccc(C)cc1. The highest BCUT2D eigenvalue weighted by Crippen LogP contribution is 2.19. The number of nitrogens with one attached hydrogen (secondary N) is 1. The summed E-state index contributed by atoms with van der Waals surface area (Å²) in [5.41, 5.74) is 2.28. The monoisotopic (exact) mass is 295 g/mol. The number of hydrogen-bond acceptors (Lipinski definition) is 4. The van der Waals surface area contributed by atoms with E-state index in [2.05, 4.69) is 15.5 Å². The normalized spacial score (nSPS) is 12.2. The van der Waals surface area contributed by atoms with Gasteiger partial charge in [-0.2, -0.15) is 0 Å². The second-order valence-corrected chi connectivity index (χ2v) is 5.76. The molecule has 0 aliphatic rings. The number of aryl methyl sites for hydroxylation is 1. The fourth-order valence-corrected chi connectivity index (χ4v) is 2.47. The zero-order chi connectivity index (χ0) is 13.8. The van der Waals surface area contributed by atoms with E-state index >= 15 is 0 Å². The minimum Gasteiger partial charge on any atom is -0.343 e. The van der Waals surface area contributed by atoms with Crippen molar-refractivity contribution in [1.82, 2.24) is 15.5 Å². The van der Waals surface area contributed by atoms with E-state index in [1.807, 2.05) is 38.1 Å². The lowest BCUT2D eigenvalue weighted by Crippen LogP contribution is -2.28. The van der Waals surface area contributed by atoms with Crippen LogP contribution in [-0.4, -0.2) is 16.1 Å². The lowest BCUT2D eigenvalue weighted by Gasteiger charge is -2.16. The second kappa shape index (κ2) is 6.12. The average molecular weight is 296 g/mol. The summed E-state index contributed by atoms with van der Waals surface area (Å²) < 4.78 is 0.272. The molecule has 1 unspecified atom stereocenters. The Balaban J connectivity index is 2.11. The molecule has 0 bridgehead atoms. The molecule has 2 rings (SSSR count). The van der Waals surface area contributed by atoms with E-state index in [4.69, 9.17) is 11.6 Å². The van der Waals surface area contributed by atoms with E-state index in [1.165, 1.54) is 5.56 Å². The number of carbonyl (C=O) groups is 1. The summed E-state index contributed by atoms with van der Waals surface area (Å²) in [6.07, 6.45) is 0.807. The van der Waals surface area contributed by atoms with Gasteiger partial charge in [0.1, 0.15) is 0 Å². The van der Waals surface area contributed by atoms with Crippen molar-refractivity contribution in [3.8, 4) is 0 Å². The van der Waals surface area contributed by atoms with Crippen molar-refractivity contribution >= 4 is 28.8 Å². The summed E-state index contributed by atoms with van der Waals surface area (Å²) in [5.74, 6) is -0.239. The van der Waals surface area contributed by atoms with Crippen LogP contribution in [-0.2, 0) is 0 Å². The molecule has 1 N–H and O–H groups in total. The van der Waals surface area contributed by atoms with Gasteiger partial charge in [-0.3, -0.25) is 4.79 Å². The Hall–Kier alpha value is -1.46. The Labute approximate surface area is 120 Å². The third kappa shape index (κ3) is 3.52. The van der Waals surface area contributed by atoms with Crippen molar-refractivity contribution in [2.45, 2.75) is 26.3 Å². The predicted octanol–water partition coefficient (Wildman–Crippen LogP) is 3.38. The van der Waals surface area contributed by atoms with E-state index < -0.39 is 0 Å². The van der Waals surface area contributed by atoms with Crippen LogP contribution in [0.4, 0.5) is 0 Å². The number of hydrogen-bond donors (Lipinski definition) is 1. The Morgan fingerprint density at radius 2 is 2.05 bits per heavy atom. The Morgan fingerprint density at radius 3 is 2.58 bits per heavy atom. The van der Waals surface area contributed by atoms with Crippen LogP contribution < -0.4 is 5.32 Å². The van der Waals surface area contributed by atoms with Crippen LogP contribution in [0.1, 0.15) is 40.3 Å². The third-order valence-corrected chi connectivity index (χ3v) is 3.81. The summed E-state index contributed by atoms with van der Waals surface area (Å²) >= 11 is 6.75. The van der Waals surface area contributed by atoms with Crippen LogP contribution in [0.3, 0.4) is 0 Å². The molecule has 0 aliphatic heterocycles. The van der Waals surface area contributed by atoms with Crippen LogP contribution in [0.2, 0.25) is 4.47 Å². The van der Waals surface area contributed by atoms with Gasteiger partial charge in [-0.15, -0.1) is 10.2 Å². The maximum absolute atomic E-state index is 12.0.